The van der Waals surface area contributed by atoms with Crippen molar-refractivity contribution >= 4 is 21.6 Å². The molecule has 1 amide bonds. The van der Waals surface area contributed by atoms with E-state index < -0.39 is 10.0 Å². The Balaban J connectivity index is 1.85. The summed E-state index contributed by atoms with van der Waals surface area (Å²) in [6.45, 7) is 5.62. The molecule has 1 heterocycles. The van der Waals surface area contributed by atoms with Crippen molar-refractivity contribution < 1.29 is 13.2 Å². The number of fused-ring (bicyclic) bond motifs is 1. The lowest BCUT2D eigenvalue weighted by Gasteiger charge is -2.23. The molecule has 0 bridgehead atoms. The van der Waals surface area contributed by atoms with Crippen LogP contribution in [0.25, 0.3) is 0 Å². The summed E-state index contributed by atoms with van der Waals surface area (Å²) in [7, 11) is -3.28. The molecule has 5 nitrogen and oxygen atoms in total. The highest BCUT2D eigenvalue weighted by molar-refractivity contribution is 7.92. The number of hydrogen-bond donors (Lipinski definition) is 0. The van der Waals surface area contributed by atoms with Crippen molar-refractivity contribution in [1.82, 2.24) is 4.90 Å². The van der Waals surface area contributed by atoms with Crippen LogP contribution in [-0.2, 0) is 23.0 Å². The van der Waals surface area contributed by atoms with Gasteiger partial charge in [0.2, 0.25) is 10.0 Å². The van der Waals surface area contributed by atoms with Crippen LogP contribution >= 0.6 is 0 Å². The van der Waals surface area contributed by atoms with Crippen LogP contribution < -0.4 is 4.31 Å². The normalized spacial score (nSPS) is 13.6. The zero-order valence-electron chi connectivity index (χ0n) is 15.4. The van der Waals surface area contributed by atoms with Crippen LogP contribution in [0.1, 0.15) is 34.0 Å². The standard InChI is InChI=1S/C20H24N2O3S/c1-4-21(14-18-8-6-5-7-15(18)2)20(23)17-9-10-19-16(13-17)11-12-22(19)26(3,24)25/h5-10,13H,4,11-12,14H2,1-3H3. The molecule has 0 saturated heterocycles. The van der Waals surface area contributed by atoms with E-state index in [0.29, 0.717) is 37.3 Å². The molecule has 0 aliphatic carbocycles. The van der Waals surface area contributed by atoms with E-state index in [1.54, 1.807) is 12.1 Å². The van der Waals surface area contributed by atoms with Crippen molar-refractivity contribution in [2.75, 3.05) is 23.7 Å². The van der Waals surface area contributed by atoms with Gasteiger partial charge in [0.1, 0.15) is 0 Å². The maximum atomic E-state index is 13.0. The van der Waals surface area contributed by atoms with E-state index in [4.69, 9.17) is 0 Å². The summed E-state index contributed by atoms with van der Waals surface area (Å²) in [4.78, 5) is 14.8. The third-order valence-corrected chi connectivity index (χ3v) is 6.05. The van der Waals surface area contributed by atoms with Gasteiger partial charge >= 0.3 is 0 Å². The van der Waals surface area contributed by atoms with Crippen LogP contribution in [0, 0.1) is 6.92 Å². The summed E-state index contributed by atoms with van der Waals surface area (Å²) in [6, 6.07) is 13.4. The Hall–Kier alpha value is -2.34. The zero-order chi connectivity index (χ0) is 18.9. The van der Waals surface area contributed by atoms with Crippen molar-refractivity contribution in [3.63, 3.8) is 0 Å². The highest BCUT2D eigenvalue weighted by Crippen LogP contribution is 2.31. The molecular formula is C20H24N2O3S. The van der Waals surface area contributed by atoms with Crippen LogP contribution in [0.3, 0.4) is 0 Å². The number of hydrogen-bond acceptors (Lipinski definition) is 3. The van der Waals surface area contributed by atoms with Crippen molar-refractivity contribution in [2.45, 2.75) is 26.8 Å². The highest BCUT2D eigenvalue weighted by Gasteiger charge is 2.27. The lowest BCUT2D eigenvalue weighted by atomic mass is 10.1. The van der Waals surface area contributed by atoms with E-state index in [-0.39, 0.29) is 5.91 Å². The number of nitrogens with zero attached hydrogens (tertiary/aromatic N) is 2. The number of anilines is 1. The minimum absolute atomic E-state index is 0.0311. The number of carbonyl (C=O) groups excluding carboxylic acids is 1. The van der Waals surface area contributed by atoms with Gasteiger partial charge in [0.15, 0.2) is 0 Å². The summed E-state index contributed by atoms with van der Waals surface area (Å²) < 4.78 is 25.1. The molecule has 138 valence electrons. The van der Waals surface area contributed by atoms with E-state index in [0.717, 1.165) is 16.7 Å². The lowest BCUT2D eigenvalue weighted by molar-refractivity contribution is 0.0752. The molecule has 6 heteroatoms. The van der Waals surface area contributed by atoms with Crippen LogP contribution in [0.5, 0.6) is 0 Å². The first-order valence-electron chi connectivity index (χ1n) is 8.75. The second-order valence-electron chi connectivity index (χ2n) is 6.67. The van der Waals surface area contributed by atoms with Crippen LogP contribution in [0.15, 0.2) is 42.5 Å². The lowest BCUT2D eigenvalue weighted by Crippen LogP contribution is -2.30. The predicted molar refractivity (Wildman–Crippen MR) is 104 cm³/mol. The molecule has 2 aromatic carbocycles. The smallest absolute Gasteiger partial charge is 0.254 e. The fourth-order valence-corrected chi connectivity index (χ4v) is 4.31. The van der Waals surface area contributed by atoms with E-state index in [1.807, 2.05) is 49.1 Å². The quantitative estimate of drug-likeness (QED) is 0.811. The molecule has 0 N–H and O–H groups in total. The Morgan fingerprint density at radius 1 is 1.19 bits per heavy atom. The van der Waals surface area contributed by atoms with E-state index in [2.05, 4.69) is 0 Å². The highest BCUT2D eigenvalue weighted by atomic mass is 32.2. The molecule has 1 aliphatic heterocycles. The SMILES string of the molecule is CCN(Cc1ccccc1C)C(=O)c1ccc2c(c1)CCN2S(C)(=O)=O. The maximum Gasteiger partial charge on any atom is 0.254 e. The van der Waals surface area contributed by atoms with Crippen LogP contribution in [0.2, 0.25) is 0 Å². The number of sulfonamides is 1. The molecule has 0 aromatic heterocycles. The van der Waals surface area contributed by atoms with Gasteiger partial charge in [0.05, 0.1) is 11.9 Å². The van der Waals surface area contributed by atoms with Gasteiger partial charge in [-0.25, -0.2) is 8.42 Å². The van der Waals surface area contributed by atoms with Crippen molar-refractivity contribution in [3.05, 3.63) is 64.7 Å². The molecular weight excluding hydrogens is 348 g/mol. The second kappa shape index (κ2) is 7.11. The van der Waals surface area contributed by atoms with Gasteiger partial charge < -0.3 is 4.90 Å². The van der Waals surface area contributed by atoms with Crippen LogP contribution in [0.4, 0.5) is 5.69 Å². The van der Waals surface area contributed by atoms with Crippen molar-refractivity contribution in [1.29, 1.82) is 0 Å². The van der Waals surface area contributed by atoms with Crippen LogP contribution in [-0.4, -0.2) is 38.6 Å². The molecule has 0 fully saturated rings. The third kappa shape index (κ3) is 3.60. The van der Waals surface area contributed by atoms with Gasteiger partial charge in [0.25, 0.3) is 5.91 Å². The maximum absolute atomic E-state index is 13.0. The van der Waals surface area contributed by atoms with Gasteiger partial charge in [-0.15, -0.1) is 0 Å². The monoisotopic (exact) mass is 372 g/mol. The summed E-state index contributed by atoms with van der Waals surface area (Å²) >= 11 is 0. The number of rotatable bonds is 5. The first-order chi connectivity index (χ1) is 12.3. The van der Waals surface area contributed by atoms with E-state index in [9.17, 15) is 13.2 Å². The number of carbonyl (C=O) groups is 1. The Morgan fingerprint density at radius 3 is 2.58 bits per heavy atom. The molecule has 0 spiro atoms. The second-order valence-corrected chi connectivity index (χ2v) is 8.58. The number of benzene rings is 2. The first-order valence-corrected chi connectivity index (χ1v) is 10.6. The third-order valence-electron chi connectivity index (χ3n) is 4.87. The minimum Gasteiger partial charge on any atom is -0.335 e. The zero-order valence-corrected chi connectivity index (χ0v) is 16.2. The Labute approximate surface area is 155 Å². The molecule has 0 saturated carbocycles. The average Bonchev–Trinajstić information content (AvgIpc) is 3.04. The molecule has 1 aliphatic rings. The minimum atomic E-state index is -3.28. The van der Waals surface area contributed by atoms with E-state index >= 15 is 0 Å². The van der Waals surface area contributed by atoms with Gasteiger partial charge in [-0.05, 0) is 55.2 Å². The summed E-state index contributed by atoms with van der Waals surface area (Å²) in [5, 5.41) is 0. The molecule has 26 heavy (non-hydrogen) atoms. The van der Waals surface area contributed by atoms with Crippen molar-refractivity contribution in [2.24, 2.45) is 0 Å². The molecule has 0 radical (unpaired) electrons. The van der Waals surface area contributed by atoms with Gasteiger partial charge in [0, 0.05) is 25.2 Å². The average molecular weight is 372 g/mol. The first kappa shape index (κ1) is 18.5. The molecule has 0 unspecified atom stereocenters. The summed E-state index contributed by atoms with van der Waals surface area (Å²) in [5.41, 5.74) is 4.50. The fourth-order valence-electron chi connectivity index (χ4n) is 3.35. The fraction of sp³-hybridized carbons (Fsp3) is 0.350. The van der Waals surface area contributed by atoms with Crippen molar-refractivity contribution in [3.8, 4) is 0 Å². The molecule has 3 rings (SSSR count). The Bertz CT molecular complexity index is 938. The molecule has 2 aromatic rings. The molecule has 0 atom stereocenters. The number of aryl methyl sites for hydroxylation is 1. The Kier molecular flexibility index (Phi) is 5.05. The van der Waals surface area contributed by atoms with Gasteiger partial charge in [-0.3, -0.25) is 9.10 Å². The predicted octanol–water partition coefficient (Wildman–Crippen LogP) is 2.98. The summed E-state index contributed by atoms with van der Waals surface area (Å²) in [6.07, 6.45) is 1.84. The largest absolute Gasteiger partial charge is 0.335 e. The summed E-state index contributed by atoms with van der Waals surface area (Å²) in [5.74, 6) is -0.0311. The Morgan fingerprint density at radius 2 is 1.92 bits per heavy atom. The van der Waals surface area contributed by atoms with Gasteiger partial charge in [-0.1, -0.05) is 24.3 Å². The van der Waals surface area contributed by atoms with Gasteiger partial charge in [-0.2, -0.15) is 0 Å². The number of amides is 1. The van der Waals surface area contributed by atoms with E-state index in [1.165, 1.54) is 10.6 Å². The topological polar surface area (TPSA) is 57.7 Å².